The fourth-order valence-electron chi connectivity index (χ4n) is 5.46. The Morgan fingerprint density at radius 1 is 1.12 bits per heavy atom. The third kappa shape index (κ3) is 2.76. The van der Waals surface area contributed by atoms with Gasteiger partial charge in [-0.25, -0.2) is 0 Å². The number of benzene rings is 1. The van der Waals surface area contributed by atoms with Crippen molar-refractivity contribution in [1.29, 1.82) is 0 Å². The first-order chi connectivity index (χ1) is 11.4. The van der Waals surface area contributed by atoms with E-state index in [-0.39, 0.29) is 18.4 Å². The molecular weight excluding hydrogens is 328 g/mol. The molecule has 5 heteroatoms. The van der Waals surface area contributed by atoms with Crippen LogP contribution in [-0.4, -0.2) is 29.1 Å². The van der Waals surface area contributed by atoms with E-state index in [1.807, 2.05) is 0 Å². The second-order valence-corrected chi connectivity index (χ2v) is 8.41. The number of carbonyl (C=O) groups excluding carboxylic acids is 2. The van der Waals surface area contributed by atoms with Gasteiger partial charge >= 0.3 is 5.97 Å². The van der Waals surface area contributed by atoms with Crippen molar-refractivity contribution in [2.24, 2.45) is 17.3 Å². The summed E-state index contributed by atoms with van der Waals surface area (Å²) in [6.45, 7) is -0.254. The van der Waals surface area contributed by atoms with Gasteiger partial charge in [-0.2, -0.15) is 0 Å². The number of rotatable bonds is 4. The van der Waals surface area contributed by atoms with Crippen molar-refractivity contribution >= 4 is 23.4 Å². The van der Waals surface area contributed by atoms with Gasteiger partial charge in [0, 0.05) is 10.6 Å². The Labute approximate surface area is 146 Å². The summed E-state index contributed by atoms with van der Waals surface area (Å²) < 4.78 is 5.39. The molecule has 0 saturated heterocycles. The predicted molar refractivity (Wildman–Crippen MR) is 88.8 cm³/mol. The van der Waals surface area contributed by atoms with Crippen LogP contribution in [0.25, 0.3) is 0 Å². The number of halogens is 1. The lowest BCUT2D eigenvalue weighted by atomic mass is 9.48. The number of ether oxygens (including phenoxy) is 1. The summed E-state index contributed by atoms with van der Waals surface area (Å²) >= 11 is 5.81. The van der Waals surface area contributed by atoms with Crippen LogP contribution in [0.3, 0.4) is 0 Å². The van der Waals surface area contributed by atoms with Crippen molar-refractivity contribution in [3.05, 3.63) is 34.9 Å². The maximum atomic E-state index is 12.7. The van der Waals surface area contributed by atoms with Crippen LogP contribution in [0.4, 0.5) is 0 Å². The quantitative estimate of drug-likeness (QED) is 0.669. The molecule has 4 saturated carbocycles. The van der Waals surface area contributed by atoms with Crippen molar-refractivity contribution in [3.8, 4) is 0 Å². The summed E-state index contributed by atoms with van der Waals surface area (Å²) in [7, 11) is 0. The first kappa shape index (κ1) is 16.1. The highest BCUT2D eigenvalue weighted by Crippen LogP contribution is 2.61. The summed E-state index contributed by atoms with van der Waals surface area (Å²) in [6.07, 6.45) is 4.80. The first-order valence-corrected chi connectivity index (χ1v) is 8.94. The highest BCUT2D eigenvalue weighted by molar-refractivity contribution is 6.30. The molecule has 24 heavy (non-hydrogen) atoms. The topological polar surface area (TPSA) is 63.6 Å². The number of hydrogen-bond donors (Lipinski definition) is 1. The third-order valence-electron chi connectivity index (χ3n) is 5.96. The zero-order valence-corrected chi connectivity index (χ0v) is 14.2. The highest BCUT2D eigenvalue weighted by atomic mass is 35.5. The molecule has 4 aliphatic rings. The summed E-state index contributed by atoms with van der Waals surface area (Å²) in [5, 5.41) is 11.3. The van der Waals surface area contributed by atoms with Gasteiger partial charge < -0.3 is 9.84 Å². The number of aliphatic hydroxyl groups is 1. The first-order valence-electron chi connectivity index (χ1n) is 8.56. The van der Waals surface area contributed by atoms with Crippen LogP contribution in [0, 0.1) is 17.3 Å². The van der Waals surface area contributed by atoms with Crippen LogP contribution in [-0.2, 0) is 9.53 Å². The molecule has 128 valence electrons. The molecule has 0 aromatic heterocycles. The molecule has 0 radical (unpaired) electrons. The lowest BCUT2D eigenvalue weighted by Gasteiger charge is -2.58. The van der Waals surface area contributed by atoms with Gasteiger partial charge in [-0.3, -0.25) is 9.59 Å². The molecule has 4 atom stereocenters. The number of esters is 1. The fraction of sp³-hybridized carbons (Fsp3) is 0.579. The van der Waals surface area contributed by atoms with E-state index < -0.39 is 11.0 Å². The molecule has 0 spiro atoms. The van der Waals surface area contributed by atoms with Crippen LogP contribution in [0.5, 0.6) is 0 Å². The normalized spacial score (nSPS) is 36.6. The molecular formula is C19H21ClO4. The minimum absolute atomic E-state index is 0.233. The Morgan fingerprint density at radius 3 is 2.33 bits per heavy atom. The summed E-state index contributed by atoms with van der Waals surface area (Å²) in [5.74, 6) is 0.285. The van der Waals surface area contributed by atoms with Crippen molar-refractivity contribution in [3.63, 3.8) is 0 Å². The summed E-state index contributed by atoms with van der Waals surface area (Å²) in [5.41, 5.74) is -0.807. The molecule has 2 unspecified atom stereocenters. The predicted octanol–water partition coefficient (Wildman–Crippen LogP) is 3.40. The van der Waals surface area contributed by atoms with Crippen LogP contribution in [0.1, 0.15) is 48.9 Å². The Kier molecular flexibility index (Phi) is 3.73. The Hall–Kier alpha value is -1.39. The minimum atomic E-state index is -0.705. The number of carbonyl (C=O) groups is 2. The summed E-state index contributed by atoms with van der Waals surface area (Å²) in [4.78, 5) is 24.9. The molecule has 5 rings (SSSR count). The van der Waals surface area contributed by atoms with E-state index in [0.29, 0.717) is 28.8 Å². The van der Waals surface area contributed by atoms with Gasteiger partial charge in [0.15, 0.2) is 12.4 Å². The Bertz CT molecular complexity index is 667. The lowest BCUT2D eigenvalue weighted by Crippen LogP contribution is -2.58. The van der Waals surface area contributed by atoms with Crippen molar-refractivity contribution in [2.45, 2.75) is 44.1 Å². The largest absolute Gasteiger partial charge is 0.457 e. The van der Waals surface area contributed by atoms with Gasteiger partial charge in [-0.05, 0) is 74.6 Å². The van der Waals surface area contributed by atoms with E-state index >= 15 is 0 Å². The van der Waals surface area contributed by atoms with Crippen molar-refractivity contribution < 1.29 is 19.4 Å². The van der Waals surface area contributed by atoms with E-state index in [1.165, 1.54) is 0 Å². The average molecular weight is 349 g/mol. The summed E-state index contributed by atoms with van der Waals surface area (Å²) in [6, 6.07) is 6.55. The van der Waals surface area contributed by atoms with Gasteiger partial charge in [-0.15, -0.1) is 0 Å². The average Bonchev–Trinajstić information content (AvgIpc) is 2.50. The van der Waals surface area contributed by atoms with Gasteiger partial charge in [0.2, 0.25) is 0 Å². The Balaban J connectivity index is 1.43. The maximum absolute atomic E-state index is 12.7. The zero-order chi connectivity index (χ0) is 16.9. The molecule has 4 fully saturated rings. The smallest absolute Gasteiger partial charge is 0.312 e. The van der Waals surface area contributed by atoms with E-state index in [9.17, 15) is 14.7 Å². The fourth-order valence-corrected chi connectivity index (χ4v) is 5.58. The SMILES string of the molecule is O=C(COC(=O)C12C[C@@H]3C[C@@H](CC(O)(C3)C1)C2)c1ccc(Cl)cc1. The molecule has 4 bridgehead atoms. The van der Waals surface area contributed by atoms with Crippen LogP contribution >= 0.6 is 11.6 Å². The second kappa shape index (κ2) is 5.57. The van der Waals surface area contributed by atoms with Gasteiger partial charge in [-0.1, -0.05) is 11.6 Å². The van der Waals surface area contributed by atoms with Crippen molar-refractivity contribution in [1.82, 2.24) is 0 Å². The number of hydrogen-bond acceptors (Lipinski definition) is 4. The molecule has 1 aromatic carbocycles. The zero-order valence-electron chi connectivity index (χ0n) is 13.5. The molecule has 0 aliphatic heterocycles. The number of Topliss-reactive ketones (excluding diaryl/α,β-unsaturated/α-hetero) is 1. The molecule has 1 N–H and O–H groups in total. The second-order valence-electron chi connectivity index (χ2n) is 7.97. The standard InChI is InChI=1S/C19H21ClO4/c20-15-3-1-14(2-4-15)16(21)10-24-17(22)18-6-12-5-13(7-18)9-19(23,8-12)11-18/h1-4,12-13,23H,5-11H2/t12-,13+,18?,19?. The third-order valence-corrected chi connectivity index (χ3v) is 6.22. The molecule has 4 aliphatic carbocycles. The van der Waals surface area contributed by atoms with Gasteiger partial charge in [0.1, 0.15) is 0 Å². The van der Waals surface area contributed by atoms with E-state index in [0.717, 1.165) is 32.1 Å². The molecule has 1 aromatic rings. The van der Waals surface area contributed by atoms with Gasteiger partial charge in [0.05, 0.1) is 11.0 Å². The van der Waals surface area contributed by atoms with Crippen LogP contribution < -0.4 is 0 Å². The van der Waals surface area contributed by atoms with E-state index in [1.54, 1.807) is 24.3 Å². The molecule has 0 amide bonds. The maximum Gasteiger partial charge on any atom is 0.312 e. The van der Waals surface area contributed by atoms with E-state index in [2.05, 4.69) is 0 Å². The van der Waals surface area contributed by atoms with Crippen LogP contribution in [0.2, 0.25) is 5.02 Å². The number of ketones is 1. The van der Waals surface area contributed by atoms with E-state index in [4.69, 9.17) is 16.3 Å². The van der Waals surface area contributed by atoms with Crippen LogP contribution in [0.15, 0.2) is 24.3 Å². The van der Waals surface area contributed by atoms with Crippen molar-refractivity contribution in [2.75, 3.05) is 6.61 Å². The lowest BCUT2D eigenvalue weighted by molar-refractivity contribution is -0.195. The monoisotopic (exact) mass is 348 g/mol. The molecule has 0 heterocycles. The highest BCUT2D eigenvalue weighted by Gasteiger charge is 2.60. The minimum Gasteiger partial charge on any atom is -0.457 e. The molecule has 4 nitrogen and oxygen atoms in total. The Morgan fingerprint density at radius 2 is 1.75 bits per heavy atom. The van der Waals surface area contributed by atoms with Gasteiger partial charge in [0.25, 0.3) is 0 Å².